The molecule has 0 spiro atoms. The Balaban J connectivity index is 1.52. The summed E-state index contributed by atoms with van der Waals surface area (Å²) in [5.74, 6) is 0.185. The summed E-state index contributed by atoms with van der Waals surface area (Å²) >= 11 is 1.72. The first kappa shape index (κ1) is 20.3. The fourth-order valence-corrected chi connectivity index (χ4v) is 5.03. The number of nitrogens with zero attached hydrogens (tertiary/aromatic N) is 1. The highest BCUT2D eigenvalue weighted by atomic mass is 32.2. The molecule has 3 rings (SSSR count). The van der Waals surface area contributed by atoms with Crippen LogP contribution in [0.25, 0.3) is 0 Å². The number of halogens is 3. The molecule has 1 aromatic carbocycles. The maximum Gasteiger partial charge on any atom is 0.416 e. The normalized spacial score (nSPS) is 17.3. The SMILES string of the molecule is O=S(=O)(NCC1CCN(Cc2cccs2)CC1)c1cccc(C(F)(F)F)c1. The number of piperidine rings is 1. The van der Waals surface area contributed by atoms with Crippen LogP contribution in [0.1, 0.15) is 23.3 Å². The lowest BCUT2D eigenvalue weighted by Crippen LogP contribution is -2.38. The highest BCUT2D eigenvalue weighted by Crippen LogP contribution is 2.30. The van der Waals surface area contributed by atoms with E-state index in [1.54, 1.807) is 11.3 Å². The molecule has 1 saturated heterocycles. The van der Waals surface area contributed by atoms with Crippen LogP contribution in [-0.2, 0) is 22.7 Å². The average Bonchev–Trinajstić information content (AvgIpc) is 3.14. The van der Waals surface area contributed by atoms with Gasteiger partial charge >= 0.3 is 6.18 Å². The van der Waals surface area contributed by atoms with Crippen LogP contribution in [0.3, 0.4) is 0 Å². The zero-order valence-electron chi connectivity index (χ0n) is 14.6. The molecule has 1 aliphatic rings. The monoisotopic (exact) mass is 418 g/mol. The lowest BCUT2D eigenvalue weighted by atomic mass is 9.97. The number of thiophene rings is 1. The summed E-state index contributed by atoms with van der Waals surface area (Å²) in [5.41, 5.74) is -0.965. The van der Waals surface area contributed by atoms with Gasteiger partial charge in [0.15, 0.2) is 0 Å². The van der Waals surface area contributed by atoms with Crippen molar-refractivity contribution in [3.63, 3.8) is 0 Å². The predicted octanol–water partition coefficient (Wildman–Crippen LogP) is 3.96. The summed E-state index contributed by atoms with van der Waals surface area (Å²) in [6.45, 7) is 2.91. The quantitative estimate of drug-likeness (QED) is 0.773. The molecule has 4 nitrogen and oxygen atoms in total. The minimum atomic E-state index is -4.57. The van der Waals surface area contributed by atoms with Gasteiger partial charge in [0.1, 0.15) is 0 Å². The van der Waals surface area contributed by atoms with Gasteiger partial charge in [-0.25, -0.2) is 13.1 Å². The topological polar surface area (TPSA) is 49.4 Å². The Hall–Kier alpha value is -1.42. The van der Waals surface area contributed by atoms with Crippen molar-refractivity contribution in [1.82, 2.24) is 9.62 Å². The van der Waals surface area contributed by atoms with E-state index in [4.69, 9.17) is 0 Å². The number of rotatable bonds is 6. The number of hydrogen-bond acceptors (Lipinski definition) is 4. The second-order valence-electron chi connectivity index (χ2n) is 6.68. The molecule has 2 heterocycles. The van der Waals surface area contributed by atoms with Crippen molar-refractivity contribution in [1.29, 1.82) is 0 Å². The molecule has 0 saturated carbocycles. The van der Waals surface area contributed by atoms with E-state index in [1.807, 2.05) is 11.4 Å². The van der Waals surface area contributed by atoms with Gasteiger partial charge in [-0.1, -0.05) is 12.1 Å². The van der Waals surface area contributed by atoms with Crippen LogP contribution in [0, 0.1) is 5.92 Å². The van der Waals surface area contributed by atoms with Gasteiger partial charge in [0.05, 0.1) is 10.5 Å². The number of sulfonamides is 1. The Morgan fingerprint density at radius 2 is 1.89 bits per heavy atom. The Morgan fingerprint density at radius 1 is 1.15 bits per heavy atom. The second-order valence-corrected chi connectivity index (χ2v) is 9.48. The maximum absolute atomic E-state index is 12.8. The number of alkyl halides is 3. The summed E-state index contributed by atoms with van der Waals surface area (Å²) < 4.78 is 65.5. The molecule has 0 unspecified atom stereocenters. The molecule has 1 fully saturated rings. The van der Waals surface area contributed by atoms with Gasteiger partial charge in [-0.15, -0.1) is 11.3 Å². The molecular formula is C18H21F3N2O2S2. The zero-order chi connectivity index (χ0) is 19.5. The second kappa shape index (κ2) is 8.30. The summed E-state index contributed by atoms with van der Waals surface area (Å²) in [6, 6.07) is 7.95. The number of benzene rings is 1. The summed E-state index contributed by atoms with van der Waals surface area (Å²) in [4.78, 5) is 3.29. The van der Waals surface area contributed by atoms with Crippen LogP contribution in [0.2, 0.25) is 0 Å². The molecule has 1 N–H and O–H groups in total. The van der Waals surface area contributed by atoms with Crippen molar-refractivity contribution in [2.75, 3.05) is 19.6 Å². The third-order valence-corrected chi connectivity index (χ3v) is 6.98. The lowest BCUT2D eigenvalue weighted by molar-refractivity contribution is -0.137. The van der Waals surface area contributed by atoms with E-state index in [0.717, 1.165) is 44.6 Å². The highest BCUT2D eigenvalue weighted by Gasteiger charge is 2.31. The van der Waals surface area contributed by atoms with Crippen LogP contribution in [0.4, 0.5) is 13.2 Å². The van der Waals surface area contributed by atoms with Crippen molar-refractivity contribution in [3.8, 4) is 0 Å². The van der Waals surface area contributed by atoms with Crippen molar-refractivity contribution in [3.05, 3.63) is 52.2 Å². The zero-order valence-corrected chi connectivity index (χ0v) is 16.2. The van der Waals surface area contributed by atoms with Crippen molar-refractivity contribution < 1.29 is 21.6 Å². The van der Waals surface area contributed by atoms with Gasteiger partial charge in [0.2, 0.25) is 10.0 Å². The molecule has 148 valence electrons. The molecule has 0 aliphatic carbocycles. The van der Waals surface area contributed by atoms with Crippen LogP contribution < -0.4 is 4.72 Å². The minimum Gasteiger partial charge on any atom is -0.298 e. The van der Waals surface area contributed by atoms with Gasteiger partial charge in [0, 0.05) is 18.0 Å². The third-order valence-electron chi connectivity index (χ3n) is 4.70. The standard InChI is InChI=1S/C18H21F3N2O2S2/c19-18(20,21)15-3-1-5-17(11-15)27(24,25)22-12-14-6-8-23(9-7-14)13-16-4-2-10-26-16/h1-5,10-11,14,22H,6-9,12-13H2. The fraction of sp³-hybridized carbons (Fsp3) is 0.444. The summed E-state index contributed by atoms with van der Waals surface area (Å²) in [6.07, 6.45) is -2.85. The smallest absolute Gasteiger partial charge is 0.298 e. The van der Waals surface area contributed by atoms with Gasteiger partial charge in [0.25, 0.3) is 0 Å². The van der Waals surface area contributed by atoms with Crippen LogP contribution in [-0.4, -0.2) is 33.0 Å². The fourth-order valence-electron chi connectivity index (χ4n) is 3.12. The Labute approximate surface area is 161 Å². The Kier molecular flexibility index (Phi) is 6.25. The molecule has 1 aliphatic heterocycles. The van der Waals surface area contributed by atoms with Gasteiger partial charge < -0.3 is 0 Å². The molecule has 0 bridgehead atoms. The molecule has 2 aromatic rings. The molecule has 0 radical (unpaired) electrons. The molecule has 9 heteroatoms. The lowest BCUT2D eigenvalue weighted by Gasteiger charge is -2.31. The number of likely N-dealkylation sites (tertiary alicyclic amines) is 1. The van der Waals surface area contributed by atoms with Gasteiger partial charge in [-0.2, -0.15) is 13.2 Å². The highest BCUT2D eigenvalue weighted by molar-refractivity contribution is 7.89. The van der Waals surface area contributed by atoms with E-state index >= 15 is 0 Å². The van der Waals surface area contributed by atoms with E-state index < -0.39 is 21.8 Å². The largest absolute Gasteiger partial charge is 0.416 e. The predicted molar refractivity (Wildman–Crippen MR) is 99.0 cm³/mol. The first-order chi connectivity index (χ1) is 12.7. The molecule has 0 atom stereocenters. The van der Waals surface area contributed by atoms with Crippen LogP contribution in [0.15, 0.2) is 46.7 Å². The van der Waals surface area contributed by atoms with Gasteiger partial charge in [-0.3, -0.25) is 4.90 Å². The molecule has 0 amide bonds. The van der Waals surface area contributed by atoms with Crippen LogP contribution >= 0.6 is 11.3 Å². The third kappa shape index (κ3) is 5.54. The Bertz CT molecular complexity index is 844. The first-order valence-corrected chi connectivity index (χ1v) is 11.0. The average molecular weight is 419 g/mol. The minimum absolute atomic E-state index is 0.185. The number of hydrogen-bond donors (Lipinski definition) is 1. The maximum atomic E-state index is 12.8. The first-order valence-electron chi connectivity index (χ1n) is 8.66. The van der Waals surface area contributed by atoms with E-state index in [9.17, 15) is 21.6 Å². The molecular weight excluding hydrogens is 397 g/mol. The molecule has 1 aromatic heterocycles. The van der Waals surface area contributed by atoms with Crippen molar-refractivity contribution in [2.24, 2.45) is 5.92 Å². The number of nitrogens with one attached hydrogen (secondary N) is 1. The van der Waals surface area contributed by atoms with E-state index in [2.05, 4.69) is 15.7 Å². The Morgan fingerprint density at radius 3 is 2.52 bits per heavy atom. The van der Waals surface area contributed by atoms with Gasteiger partial charge in [-0.05, 0) is 61.5 Å². The molecule has 27 heavy (non-hydrogen) atoms. The van der Waals surface area contributed by atoms with E-state index in [-0.39, 0.29) is 17.4 Å². The van der Waals surface area contributed by atoms with E-state index in [0.29, 0.717) is 6.07 Å². The van der Waals surface area contributed by atoms with Crippen molar-refractivity contribution in [2.45, 2.75) is 30.5 Å². The van der Waals surface area contributed by atoms with E-state index in [1.165, 1.54) is 10.9 Å². The van der Waals surface area contributed by atoms with Crippen LogP contribution in [0.5, 0.6) is 0 Å². The van der Waals surface area contributed by atoms with Crippen molar-refractivity contribution >= 4 is 21.4 Å². The summed E-state index contributed by atoms with van der Waals surface area (Å²) in [5, 5.41) is 2.05. The summed E-state index contributed by atoms with van der Waals surface area (Å²) in [7, 11) is -3.96.